The molecular weight excluding hydrogens is 276 g/mol. The molecule has 0 bridgehead atoms. The molecule has 22 heavy (non-hydrogen) atoms. The number of rotatable bonds is 6. The molecule has 0 aromatic carbocycles. The van der Waals surface area contributed by atoms with Crippen molar-refractivity contribution in [2.45, 2.75) is 58.4 Å². The molecule has 0 aromatic heterocycles. The van der Waals surface area contributed by atoms with Crippen LogP contribution in [0.25, 0.3) is 0 Å². The summed E-state index contributed by atoms with van der Waals surface area (Å²) in [4.78, 5) is 0. The zero-order chi connectivity index (χ0) is 16.2. The van der Waals surface area contributed by atoms with Crippen LogP contribution >= 0.6 is 0 Å². The van der Waals surface area contributed by atoms with Crippen LogP contribution in [0.1, 0.15) is 52.4 Å². The normalized spacial score (nSPS) is 29.7. The van der Waals surface area contributed by atoms with Crippen molar-refractivity contribution in [3.8, 4) is 0 Å². The molecule has 1 aliphatic carbocycles. The number of hydrogen-bond donors (Lipinski definition) is 1. The van der Waals surface area contributed by atoms with Crippen molar-refractivity contribution in [3.63, 3.8) is 0 Å². The average Bonchev–Trinajstić information content (AvgIpc) is 2.94. The summed E-state index contributed by atoms with van der Waals surface area (Å²) in [6.07, 6.45) is 6.96. The molecular formula is C18H32N2O2. The summed E-state index contributed by atoms with van der Waals surface area (Å²) < 4.78 is 5.31. The van der Waals surface area contributed by atoms with Gasteiger partial charge in [0.15, 0.2) is 0 Å². The van der Waals surface area contributed by atoms with Crippen molar-refractivity contribution in [1.82, 2.24) is 5.01 Å². The number of allylic oxidation sites excluding steroid dienone is 1. The fraction of sp³-hybridized carbons (Fsp3) is 0.833. The lowest BCUT2D eigenvalue weighted by Gasteiger charge is -2.40. The molecule has 0 spiro atoms. The molecule has 0 unspecified atom stereocenters. The van der Waals surface area contributed by atoms with Crippen molar-refractivity contribution in [2.75, 3.05) is 26.9 Å². The van der Waals surface area contributed by atoms with Crippen LogP contribution in [-0.2, 0) is 4.74 Å². The van der Waals surface area contributed by atoms with Gasteiger partial charge in [0.2, 0.25) is 0 Å². The van der Waals surface area contributed by atoms with Crippen LogP contribution in [0.4, 0.5) is 0 Å². The summed E-state index contributed by atoms with van der Waals surface area (Å²) in [5.41, 5.74) is 2.02. The lowest BCUT2D eigenvalue weighted by atomic mass is 9.66. The molecule has 4 nitrogen and oxygen atoms in total. The Balaban J connectivity index is 2.17. The molecule has 1 heterocycles. The van der Waals surface area contributed by atoms with Gasteiger partial charge in [-0.1, -0.05) is 25.5 Å². The van der Waals surface area contributed by atoms with Gasteiger partial charge >= 0.3 is 0 Å². The van der Waals surface area contributed by atoms with Crippen LogP contribution in [-0.4, -0.2) is 48.7 Å². The Morgan fingerprint density at radius 1 is 1.41 bits per heavy atom. The van der Waals surface area contributed by atoms with E-state index in [-0.39, 0.29) is 12.0 Å². The Morgan fingerprint density at radius 3 is 2.82 bits per heavy atom. The van der Waals surface area contributed by atoms with Crippen molar-refractivity contribution >= 4 is 5.71 Å². The maximum atomic E-state index is 10.1. The van der Waals surface area contributed by atoms with E-state index in [1.165, 1.54) is 18.4 Å². The Morgan fingerprint density at radius 2 is 2.18 bits per heavy atom. The summed E-state index contributed by atoms with van der Waals surface area (Å²) in [5, 5.41) is 17.2. The largest absolute Gasteiger partial charge is 0.395 e. The van der Waals surface area contributed by atoms with Gasteiger partial charge in [0, 0.05) is 24.8 Å². The lowest BCUT2D eigenvalue weighted by Crippen LogP contribution is -2.42. The summed E-state index contributed by atoms with van der Waals surface area (Å²) in [5.74, 6) is 0.346. The third-order valence-electron chi connectivity index (χ3n) is 5.64. The monoisotopic (exact) mass is 308 g/mol. The van der Waals surface area contributed by atoms with E-state index in [0.29, 0.717) is 12.0 Å². The Hall–Kier alpha value is -0.870. The number of methoxy groups -OCH3 is 1. The number of hydrogen-bond acceptors (Lipinski definition) is 4. The van der Waals surface area contributed by atoms with Crippen molar-refractivity contribution in [3.05, 3.63) is 12.2 Å². The first-order valence-electron chi connectivity index (χ1n) is 8.62. The number of ether oxygens (including phenoxy) is 1. The molecule has 1 N–H and O–H groups in total. The smallest absolute Gasteiger partial charge is 0.0704 e. The topological polar surface area (TPSA) is 45.1 Å². The summed E-state index contributed by atoms with van der Waals surface area (Å²) in [7, 11) is 1.75. The molecule has 2 rings (SSSR count). The van der Waals surface area contributed by atoms with E-state index in [1.54, 1.807) is 7.11 Å². The first kappa shape index (κ1) is 17.5. The molecule has 1 saturated heterocycles. The van der Waals surface area contributed by atoms with E-state index in [2.05, 4.69) is 25.4 Å². The molecule has 2 fully saturated rings. The van der Waals surface area contributed by atoms with E-state index < -0.39 is 0 Å². The highest BCUT2D eigenvalue weighted by atomic mass is 16.5. The number of nitrogens with zero attached hydrogens (tertiary/aromatic N) is 2. The van der Waals surface area contributed by atoms with Gasteiger partial charge in [-0.15, -0.1) is 0 Å². The zero-order valence-electron chi connectivity index (χ0n) is 14.5. The SMILES string of the molecule is C=C1CCCC[C@H]1[C@@](C)(CO)/C(C)=N/N1CCC[C@H]1COC. The van der Waals surface area contributed by atoms with Crippen LogP contribution in [0.2, 0.25) is 0 Å². The van der Waals surface area contributed by atoms with E-state index in [4.69, 9.17) is 9.84 Å². The van der Waals surface area contributed by atoms with Crippen LogP contribution in [0.5, 0.6) is 0 Å². The van der Waals surface area contributed by atoms with Gasteiger partial charge < -0.3 is 9.84 Å². The summed E-state index contributed by atoms with van der Waals surface area (Å²) in [6.45, 7) is 10.3. The second-order valence-electron chi connectivity index (χ2n) is 7.13. The van der Waals surface area contributed by atoms with Crippen LogP contribution in [0.15, 0.2) is 17.3 Å². The molecule has 4 heteroatoms. The third kappa shape index (κ3) is 3.54. The highest BCUT2D eigenvalue weighted by Gasteiger charge is 2.39. The molecule has 126 valence electrons. The van der Waals surface area contributed by atoms with Crippen molar-refractivity contribution in [1.29, 1.82) is 0 Å². The van der Waals surface area contributed by atoms with E-state index >= 15 is 0 Å². The quantitative estimate of drug-likeness (QED) is 0.605. The van der Waals surface area contributed by atoms with Gasteiger partial charge in [0.05, 0.1) is 19.3 Å². The second-order valence-corrected chi connectivity index (χ2v) is 7.13. The number of aliphatic hydroxyl groups excluding tert-OH is 1. The zero-order valence-corrected chi connectivity index (χ0v) is 14.5. The fourth-order valence-corrected chi connectivity index (χ4v) is 3.95. The maximum Gasteiger partial charge on any atom is 0.0704 e. The Kier molecular flexibility index (Phi) is 6.04. The minimum Gasteiger partial charge on any atom is -0.395 e. The highest BCUT2D eigenvalue weighted by Crippen LogP contribution is 2.42. The van der Waals surface area contributed by atoms with E-state index in [1.807, 2.05) is 0 Å². The highest BCUT2D eigenvalue weighted by molar-refractivity contribution is 5.88. The first-order valence-corrected chi connectivity index (χ1v) is 8.62. The van der Waals surface area contributed by atoms with E-state index in [9.17, 15) is 5.11 Å². The predicted molar refractivity (Wildman–Crippen MR) is 91.0 cm³/mol. The molecule has 3 atom stereocenters. The van der Waals surface area contributed by atoms with Crippen molar-refractivity contribution < 1.29 is 9.84 Å². The standard InChI is InChI=1S/C18H32N2O2/c1-14-8-5-6-10-17(14)18(3,13-21)15(2)19-20-11-7-9-16(20)12-22-4/h16-17,21H,1,5-13H2,2-4H3/b19-15+/t16-,17+,18-/m0/s1. The second kappa shape index (κ2) is 7.60. The number of hydrazone groups is 1. The summed E-state index contributed by atoms with van der Waals surface area (Å²) >= 11 is 0. The van der Waals surface area contributed by atoms with Crippen LogP contribution < -0.4 is 0 Å². The van der Waals surface area contributed by atoms with Gasteiger partial charge in [0.1, 0.15) is 0 Å². The Bertz CT molecular complexity index is 421. The summed E-state index contributed by atoms with van der Waals surface area (Å²) in [6, 6.07) is 0.373. The average molecular weight is 308 g/mol. The Labute approximate surface area is 135 Å². The molecule has 0 radical (unpaired) electrons. The van der Waals surface area contributed by atoms with Gasteiger partial charge in [-0.2, -0.15) is 5.10 Å². The molecule has 2 aliphatic rings. The minimum absolute atomic E-state index is 0.134. The predicted octanol–water partition coefficient (Wildman–Crippen LogP) is 3.22. The molecule has 0 aromatic rings. The third-order valence-corrected chi connectivity index (χ3v) is 5.64. The van der Waals surface area contributed by atoms with Crippen LogP contribution in [0, 0.1) is 11.3 Å². The lowest BCUT2D eigenvalue weighted by molar-refractivity contribution is 0.112. The van der Waals surface area contributed by atoms with Gasteiger partial charge in [-0.05, 0) is 44.9 Å². The number of aliphatic hydroxyl groups is 1. The first-order chi connectivity index (χ1) is 10.5. The molecule has 1 saturated carbocycles. The minimum atomic E-state index is -0.294. The van der Waals surface area contributed by atoms with Gasteiger partial charge in [-0.3, -0.25) is 5.01 Å². The molecule has 1 aliphatic heterocycles. The maximum absolute atomic E-state index is 10.1. The van der Waals surface area contributed by atoms with Gasteiger partial charge in [0.25, 0.3) is 0 Å². The van der Waals surface area contributed by atoms with E-state index in [0.717, 1.165) is 44.5 Å². The van der Waals surface area contributed by atoms with Crippen LogP contribution in [0.3, 0.4) is 0 Å². The fourth-order valence-electron chi connectivity index (χ4n) is 3.95. The van der Waals surface area contributed by atoms with Crippen molar-refractivity contribution in [2.24, 2.45) is 16.4 Å². The van der Waals surface area contributed by atoms with Gasteiger partial charge in [-0.25, -0.2) is 0 Å². The molecule has 0 amide bonds.